The molecule has 1 rings (SSSR count). The first-order valence-corrected chi connectivity index (χ1v) is 4.61. The fourth-order valence-corrected chi connectivity index (χ4v) is 1.01. The number of hydrogen-bond acceptors (Lipinski definition) is 2. The Balaban J connectivity index is 2.75. The fraction of sp³-hybridized carbons (Fsp3) is 0.700. The number of hydrogen-bond donors (Lipinski definition) is 0. The number of aromatic nitrogens is 2. The molecule has 3 heteroatoms. The van der Waals surface area contributed by atoms with E-state index in [1.807, 2.05) is 24.7 Å². The predicted octanol–water partition coefficient (Wildman–Crippen LogP) is 2.43. The zero-order valence-corrected chi connectivity index (χ0v) is 9.03. The van der Waals surface area contributed by atoms with Gasteiger partial charge in [-0.2, -0.15) is 5.10 Å². The Morgan fingerprint density at radius 1 is 1.38 bits per heavy atom. The smallest absolute Gasteiger partial charge is 0.157 e. The van der Waals surface area contributed by atoms with Gasteiger partial charge in [-0.25, -0.2) is 0 Å². The quantitative estimate of drug-likeness (QED) is 0.702. The third-order valence-electron chi connectivity index (χ3n) is 1.62. The van der Waals surface area contributed by atoms with Gasteiger partial charge in [-0.3, -0.25) is 4.68 Å². The summed E-state index contributed by atoms with van der Waals surface area (Å²) in [5, 5.41) is 4.23. The molecule has 13 heavy (non-hydrogen) atoms. The highest BCUT2D eigenvalue weighted by atomic mass is 16.5. The van der Waals surface area contributed by atoms with Crippen molar-refractivity contribution in [2.45, 2.75) is 46.3 Å². The van der Waals surface area contributed by atoms with E-state index in [1.165, 1.54) is 0 Å². The van der Waals surface area contributed by atoms with Crippen LogP contribution in [0, 0.1) is 0 Å². The standard InChI is InChI=1S/C10H18N2O/c1-8(2)13-9-6-11-12(7-9)10(3,4)5/h6-8H,1-5H3. The average molecular weight is 182 g/mol. The van der Waals surface area contributed by atoms with Crippen molar-refractivity contribution >= 4 is 0 Å². The maximum atomic E-state index is 5.51. The summed E-state index contributed by atoms with van der Waals surface area (Å²) in [6.07, 6.45) is 3.89. The summed E-state index contributed by atoms with van der Waals surface area (Å²) in [6.45, 7) is 10.3. The SMILES string of the molecule is CC(C)Oc1cnn(C(C)(C)C)c1. The van der Waals surface area contributed by atoms with Gasteiger partial charge in [0.05, 0.1) is 24.0 Å². The molecule has 1 aromatic heterocycles. The minimum atomic E-state index is 0.0264. The Morgan fingerprint density at radius 2 is 2.00 bits per heavy atom. The van der Waals surface area contributed by atoms with E-state index in [1.54, 1.807) is 6.20 Å². The molecule has 0 aliphatic rings. The molecule has 0 saturated carbocycles. The lowest BCUT2D eigenvalue weighted by Gasteiger charge is -2.18. The normalized spacial score (nSPS) is 12.2. The van der Waals surface area contributed by atoms with Crippen LogP contribution in [0.25, 0.3) is 0 Å². The van der Waals surface area contributed by atoms with Crippen molar-refractivity contribution in [1.82, 2.24) is 9.78 Å². The van der Waals surface area contributed by atoms with Crippen molar-refractivity contribution in [3.63, 3.8) is 0 Å². The first-order valence-electron chi connectivity index (χ1n) is 4.61. The van der Waals surface area contributed by atoms with E-state index < -0.39 is 0 Å². The fourth-order valence-electron chi connectivity index (χ4n) is 1.01. The second-order valence-electron chi connectivity index (χ2n) is 4.46. The van der Waals surface area contributed by atoms with E-state index >= 15 is 0 Å². The van der Waals surface area contributed by atoms with E-state index in [2.05, 4.69) is 25.9 Å². The minimum Gasteiger partial charge on any atom is -0.488 e. The van der Waals surface area contributed by atoms with Gasteiger partial charge in [-0.1, -0.05) is 0 Å². The molecule has 0 fully saturated rings. The van der Waals surface area contributed by atoms with Crippen LogP contribution >= 0.6 is 0 Å². The van der Waals surface area contributed by atoms with E-state index in [9.17, 15) is 0 Å². The summed E-state index contributed by atoms with van der Waals surface area (Å²) in [4.78, 5) is 0. The first-order chi connectivity index (χ1) is 5.89. The summed E-state index contributed by atoms with van der Waals surface area (Å²) in [5.74, 6) is 0.838. The average Bonchev–Trinajstić information content (AvgIpc) is 2.32. The Labute approximate surface area is 79.7 Å². The summed E-state index contributed by atoms with van der Waals surface area (Å²) in [7, 11) is 0. The van der Waals surface area contributed by atoms with Crippen LogP contribution in [0.3, 0.4) is 0 Å². The molecule has 3 nitrogen and oxygen atoms in total. The van der Waals surface area contributed by atoms with E-state index in [4.69, 9.17) is 4.74 Å². The Kier molecular flexibility index (Phi) is 2.64. The molecule has 0 atom stereocenters. The van der Waals surface area contributed by atoms with Gasteiger partial charge < -0.3 is 4.74 Å². The first kappa shape index (κ1) is 10.1. The second kappa shape index (κ2) is 3.40. The summed E-state index contributed by atoms with van der Waals surface area (Å²) >= 11 is 0. The van der Waals surface area contributed by atoms with Crippen LogP contribution in [-0.4, -0.2) is 15.9 Å². The van der Waals surface area contributed by atoms with Gasteiger partial charge in [0.15, 0.2) is 5.75 Å². The maximum absolute atomic E-state index is 5.51. The molecule has 1 aromatic rings. The van der Waals surface area contributed by atoms with E-state index in [0.29, 0.717) is 0 Å². The molecule has 0 spiro atoms. The van der Waals surface area contributed by atoms with Crippen LogP contribution < -0.4 is 4.74 Å². The third-order valence-corrected chi connectivity index (χ3v) is 1.62. The molecular weight excluding hydrogens is 164 g/mol. The van der Waals surface area contributed by atoms with Crippen LogP contribution in [0.1, 0.15) is 34.6 Å². The van der Waals surface area contributed by atoms with Gasteiger partial charge in [0, 0.05) is 0 Å². The zero-order chi connectivity index (χ0) is 10.1. The van der Waals surface area contributed by atoms with Gasteiger partial charge in [0.25, 0.3) is 0 Å². The molecule has 1 heterocycles. The maximum Gasteiger partial charge on any atom is 0.157 e. The second-order valence-corrected chi connectivity index (χ2v) is 4.46. The van der Waals surface area contributed by atoms with Crippen molar-refractivity contribution in [1.29, 1.82) is 0 Å². The van der Waals surface area contributed by atoms with Crippen molar-refractivity contribution in [3.8, 4) is 5.75 Å². The van der Waals surface area contributed by atoms with Crippen molar-refractivity contribution < 1.29 is 4.74 Å². The Hall–Kier alpha value is -0.990. The van der Waals surface area contributed by atoms with Crippen LogP contribution in [-0.2, 0) is 5.54 Å². The molecule has 0 radical (unpaired) electrons. The molecule has 0 saturated heterocycles. The molecule has 0 bridgehead atoms. The number of rotatable bonds is 2. The molecular formula is C10H18N2O. The van der Waals surface area contributed by atoms with E-state index in [-0.39, 0.29) is 11.6 Å². The topological polar surface area (TPSA) is 27.1 Å². The molecule has 0 unspecified atom stereocenters. The lowest BCUT2D eigenvalue weighted by Crippen LogP contribution is -2.21. The molecule has 0 amide bonds. The highest BCUT2D eigenvalue weighted by Gasteiger charge is 2.14. The Bertz CT molecular complexity index is 271. The van der Waals surface area contributed by atoms with Crippen LogP contribution in [0.5, 0.6) is 5.75 Å². The molecule has 74 valence electrons. The van der Waals surface area contributed by atoms with Gasteiger partial charge >= 0.3 is 0 Å². The largest absolute Gasteiger partial charge is 0.488 e. The summed E-state index contributed by atoms with van der Waals surface area (Å²) < 4.78 is 7.41. The van der Waals surface area contributed by atoms with Gasteiger partial charge in [0.1, 0.15) is 0 Å². The summed E-state index contributed by atoms with van der Waals surface area (Å²) in [6, 6.07) is 0. The minimum absolute atomic E-state index is 0.0264. The predicted molar refractivity (Wildman–Crippen MR) is 53.0 cm³/mol. The monoisotopic (exact) mass is 182 g/mol. The third kappa shape index (κ3) is 2.76. The van der Waals surface area contributed by atoms with E-state index in [0.717, 1.165) is 5.75 Å². The molecule has 0 aromatic carbocycles. The van der Waals surface area contributed by atoms with Crippen molar-refractivity contribution in [3.05, 3.63) is 12.4 Å². The number of ether oxygens (including phenoxy) is 1. The Morgan fingerprint density at radius 3 is 2.38 bits per heavy atom. The zero-order valence-electron chi connectivity index (χ0n) is 9.03. The highest BCUT2D eigenvalue weighted by Crippen LogP contribution is 2.17. The van der Waals surface area contributed by atoms with Gasteiger partial charge in [-0.05, 0) is 34.6 Å². The highest BCUT2D eigenvalue weighted by molar-refractivity contribution is 5.12. The van der Waals surface area contributed by atoms with Gasteiger partial charge in [0.2, 0.25) is 0 Å². The lowest BCUT2D eigenvalue weighted by atomic mass is 10.1. The van der Waals surface area contributed by atoms with Crippen molar-refractivity contribution in [2.75, 3.05) is 0 Å². The van der Waals surface area contributed by atoms with Crippen molar-refractivity contribution in [2.24, 2.45) is 0 Å². The lowest BCUT2D eigenvalue weighted by molar-refractivity contribution is 0.241. The van der Waals surface area contributed by atoms with Crippen LogP contribution in [0.15, 0.2) is 12.4 Å². The van der Waals surface area contributed by atoms with Crippen LogP contribution in [0.2, 0.25) is 0 Å². The van der Waals surface area contributed by atoms with Gasteiger partial charge in [-0.15, -0.1) is 0 Å². The summed E-state index contributed by atoms with van der Waals surface area (Å²) in [5.41, 5.74) is 0.0264. The molecule has 0 N–H and O–H groups in total. The molecule has 0 aliphatic carbocycles. The number of nitrogens with zero attached hydrogens (tertiary/aromatic N) is 2. The molecule has 0 aliphatic heterocycles. The van der Waals surface area contributed by atoms with Crippen LogP contribution in [0.4, 0.5) is 0 Å².